The average molecular weight is 520 g/mol. The summed E-state index contributed by atoms with van der Waals surface area (Å²) in [5.41, 5.74) is 11.7. The van der Waals surface area contributed by atoms with Gasteiger partial charge < -0.3 is 15.2 Å². The Balaban J connectivity index is 1.19. The summed E-state index contributed by atoms with van der Waals surface area (Å²) in [5, 5.41) is 1.16. The molecule has 0 saturated carbocycles. The Bertz CT molecular complexity index is 1230. The Hall–Kier alpha value is -2.58. The van der Waals surface area contributed by atoms with E-state index in [1.54, 1.807) is 0 Å². The molecule has 2 N–H and O–H groups in total. The Labute approximate surface area is 225 Å². The lowest BCUT2D eigenvalue weighted by atomic mass is 9.91. The third kappa shape index (κ3) is 6.12. The number of aryl methyl sites for hydroxylation is 1. The van der Waals surface area contributed by atoms with Gasteiger partial charge in [0.15, 0.2) is 5.16 Å². The van der Waals surface area contributed by atoms with Crippen molar-refractivity contribution in [2.24, 2.45) is 5.92 Å². The van der Waals surface area contributed by atoms with Crippen molar-refractivity contribution < 1.29 is 0 Å². The van der Waals surface area contributed by atoms with E-state index in [9.17, 15) is 0 Å². The summed E-state index contributed by atoms with van der Waals surface area (Å²) < 4.78 is 2.66. The number of piperidine rings is 2. The summed E-state index contributed by atoms with van der Waals surface area (Å²) in [6.45, 7) is 18.7. The van der Waals surface area contributed by atoms with Crippen molar-refractivity contribution >= 4 is 28.7 Å². The zero-order valence-electron chi connectivity index (χ0n) is 22.8. The number of benzene rings is 1. The molecule has 0 unspecified atom stereocenters. The van der Waals surface area contributed by atoms with E-state index in [2.05, 4.69) is 76.8 Å². The predicted octanol–water partition coefficient (Wildman–Crippen LogP) is 5.67. The van der Waals surface area contributed by atoms with Crippen molar-refractivity contribution in [1.82, 2.24) is 29.3 Å². The smallest absolute Gasteiger partial charge is 0.219 e. The van der Waals surface area contributed by atoms with E-state index in [0.29, 0.717) is 17.9 Å². The summed E-state index contributed by atoms with van der Waals surface area (Å²) >= 11 is 1.89. The van der Waals surface area contributed by atoms with Gasteiger partial charge in [0.2, 0.25) is 5.95 Å². The minimum Gasteiger partial charge on any atom is -0.375 e. The Morgan fingerprint density at radius 2 is 1.73 bits per heavy atom. The molecule has 198 valence electrons. The SMILES string of the molecule is C=C(C1CCN(Cc2cnc(N)nc2)CC1)N1CCC(n2c(SC(C)(C)C)nc3cc(C)ccc32)CC1. The van der Waals surface area contributed by atoms with Crippen LogP contribution < -0.4 is 5.73 Å². The van der Waals surface area contributed by atoms with Gasteiger partial charge in [-0.25, -0.2) is 15.0 Å². The maximum atomic E-state index is 5.62. The molecule has 0 bridgehead atoms. The number of nitrogen functional groups attached to an aromatic ring is 1. The van der Waals surface area contributed by atoms with E-state index < -0.39 is 0 Å². The minimum atomic E-state index is 0.124. The van der Waals surface area contributed by atoms with Crippen LogP contribution in [-0.2, 0) is 6.54 Å². The normalized spacial score (nSPS) is 18.5. The summed E-state index contributed by atoms with van der Waals surface area (Å²) in [5.74, 6) is 0.905. The van der Waals surface area contributed by atoms with Crippen LogP contribution in [-0.4, -0.2) is 60.2 Å². The maximum absolute atomic E-state index is 5.62. The van der Waals surface area contributed by atoms with E-state index in [-0.39, 0.29) is 4.75 Å². The van der Waals surface area contributed by atoms with Gasteiger partial charge in [-0.2, -0.15) is 0 Å². The van der Waals surface area contributed by atoms with Crippen molar-refractivity contribution in [3.05, 3.63) is 54.0 Å². The topological polar surface area (TPSA) is 76.1 Å². The van der Waals surface area contributed by atoms with Crippen LogP contribution in [0.3, 0.4) is 0 Å². The van der Waals surface area contributed by atoms with Crippen LogP contribution >= 0.6 is 11.8 Å². The number of nitrogens with two attached hydrogens (primary N) is 1. The standard InChI is InChI=1S/C29H41N7S/c1-20-6-7-26-25(16-20)33-28(37-29(3,4)5)36(26)24-10-14-35(15-11-24)21(2)23-8-12-34(13-9-23)19-22-17-31-27(30)32-18-22/h6-7,16-18,23-24H,2,8-15,19H2,1,3-5H3,(H2,30,31,32). The highest BCUT2D eigenvalue weighted by atomic mass is 32.2. The van der Waals surface area contributed by atoms with Gasteiger partial charge in [-0.3, -0.25) is 4.90 Å². The van der Waals surface area contributed by atoms with Crippen LogP contribution in [0.4, 0.5) is 5.95 Å². The van der Waals surface area contributed by atoms with Gasteiger partial charge in [-0.05, 0) is 63.4 Å². The molecule has 2 aliphatic heterocycles. The molecule has 2 saturated heterocycles. The number of nitrogens with zero attached hydrogens (tertiary/aromatic N) is 6. The zero-order chi connectivity index (χ0) is 26.2. The number of rotatable bonds is 6. The number of hydrogen-bond donors (Lipinski definition) is 1. The highest BCUT2D eigenvalue weighted by Gasteiger charge is 2.30. The first-order valence-electron chi connectivity index (χ1n) is 13.6. The first kappa shape index (κ1) is 26.0. The molecule has 0 aliphatic carbocycles. The van der Waals surface area contributed by atoms with Crippen LogP contribution in [0.5, 0.6) is 0 Å². The number of allylic oxidation sites excluding steroid dienone is 1. The molecule has 7 nitrogen and oxygen atoms in total. The quantitative estimate of drug-likeness (QED) is 0.421. The van der Waals surface area contributed by atoms with Gasteiger partial charge in [0, 0.05) is 60.0 Å². The third-order valence-electron chi connectivity index (χ3n) is 7.64. The van der Waals surface area contributed by atoms with E-state index in [1.807, 2.05) is 24.2 Å². The Kier molecular flexibility index (Phi) is 7.50. The molecule has 3 aromatic rings. The molecule has 8 heteroatoms. The van der Waals surface area contributed by atoms with Crippen molar-refractivity contribution in [2.75, 3.05) is 31.9 Å². The zero-order valence-corrected chi connectivity index (χ0v) is 23.6. The van der Waals surface area contributed by atoms with Crippen LogP contribution in [0.25, 0.3) is 11.0 Å². The lowest BCUT2D eigenvalue weighted by molar-refractivity contribution is 0.153. The molecule has 0 atom stereocenters. The Morgan fingerprint density at radius 1 is 1.05 bits per heavy atom. The number of hydrogen-bond acceptors (Lipinski definition) is 7. The molecule has 1 aromatic carbocycles. The molecule has 5 rings (SSSR count). The van der Waals surface area contributed by atoms with E-state index >= 15 is 0 Å². The fraction of sp³-hybridized carbons (Fsp3) is 0.552. The van der Waals surface area contributed by atoms with Crippen LogP contribution in [0.15, 0.2) is 48.0 Å². The second kappa shape index (κ2) is 10.7. The molecule has 0 radical (unpaired) electrons. The van der Waals surface area contributed by atoms with Crippen molar-refractivity contribution in [3.8, 4) is 0 Å². The van der Waals surface area contributed by atoms with Gasteiger partial charge in [0.1, 0.15) is 0 Å². The van der Waals surface area contributed by atoms with Gasteiger partial charge in [-0.1, -0.05) is 45.2 Å². The van der Waals surface area contributed by atoms with E-state index in [0.717, 1.165) is 74.6 Å². The average Bonchev–Trinajstić information content (AvgIpc) is 3.20. The van der Waals surface area contributed by atoms with Crippen molar-refractivity contribution in [1.29, 1.82) is 0 Å². The fourth-order valence-electron chi connectivity index (χ4n) is 5.68. The molecule has 2 aromatic heterocycles. The molecule has 0 spiro atoms. The number of thioether (sulfide) groups is 1. The predicted molar refractivity (Wildman–Crippen MR) is 154 cm³/mol. The van der Waals surface area contributed by atoms with Gasteiger partial charge in [0.05, 0.1) is 11.0 Å². The highest BCUT2D eigenvalue weighted by Crippen LogP contribution is 2.39. The number of anilines is 1. The molecule has 37 heavy (non-hydrogen) atoms. The second-order valence-electron chi connectivity index (χ2n) is 11.7. The molecule has 2 fully saturated rings. The first-order valence-corrected chi connectivity index (χ1v) is 14.4. The monoisotopic (exact) mass is 519 g/mol. The van der Waals surface area contributed by atoms with Crippen LogP contribution in [0.2, 0.25) is 0 Å². The molecular formula is C29H41N7S. The second-order valence-corrected chi connectivity index (χ2v) is 13.5. The number of aromatic nitrogens is 4. The lowest BCUT2D eigenvalue weighted by Gasteiger charge is -2.41. The summed E-state index contributed by atoms with van der Waals surface area (Å²) in [6.07, 6.45) is 8.26. The Morgan fingerprint density at radius 3 is 2.38 bits per heavy atom. The first-order chi connectivity index (χ1) is 17.7. The summed E-state index contributed by atoms with van der Waals surface area (Å²) in [6, 6.07) is 7.18. The molecule has 4 heterocycles. The van der Waals surface area contributed by atoms with Crippen molar-refractivity contribution in [3.63, 3.8) is 0 Å². The maximum Gasteiger partial charge on any atom is 0.219 e. The fourth-order valence-corrected chi connectivity index (χ4v) is 6.72. The molecule has 0 amide bonds. The minimum absolute atomic E-state index is 0.124. The third-order valence-corrected chi connectivity index (χ3v) is 8.72. The van der Waals surface area contributed by atoms with E-state index in [1.165, 1.54) is 16.8 Å². The van der Waals surface area contributed by atoms with Gasteiger partial charge in [0.25, 0.3) is 0 Å². The lowest BCUT2D eigenvalue weighted by Crippen LogP contribution is -2.40. The largest absolute Gasteiger partial charge is 0.375 e. The molecular weight excluding hydrogens is 478 g/mol. The summed E-state index contributed by atoms with van der Waals surface area (Å²) in [4.78, 5) is 18.4. The number of fused-ring (bicyclic) bond motifs is 1. The number of imidazole rings is 1. The summed E-state index contributed by atoms with van der Waals surface area (Å²) in [7, 11) is 0. The van der Waals surface area contributed by atoms with E-state index in [4.69, 9.17) is 10.7 Å². The van der Waals surface area contributed by atoms with Crippen LogP contribution in [0.1, 0.15) is 63.6 Å². The van der Waals surface area contributed by atoms with Gasteiger partial charge in [-0.15, -0.1) is 0 Å². The van der Waals surface area contributed by atoms with Crippen molar-refractivity contribution in [2.45, 2.75) is 75.9 Å². The van der Waals surface area contributed by atoms with Gasteiger partial charge >= 0.3 is 0 Å². The van der Waals surface area contributed by atoms with Crippen LogP contribution in [0, 0.1) is 12.8 Å². The number of likely N-dealkylation sites (tertiary alicyclic amines) is 2. The molecule has 2 aliphatic rings. The highest BCUT2D eigenvalue weighted by molar-refractivity contribution is 8.00.